The number of rotatable bonds is 5. The van der Waals surface area contributed by atoms with Gasteiger partial charge in [0, 0.05) is 43.0 Å². The normalized spacial score (nSPS) is 15.5. The predicted molar refractivity (Wildman–Crippen MR) is 114 cm³/mol. The van der Waals surface area contributed by atoms with E-state index in [0.29, 0.717) is 35.7 Å². The largest absolute Gasteiger partial charge is 0.495 e. The predicted octanol–water partition coefficient (Wildman–Crippen LogP) is 4.64. The summed E-state index contributed by atoms with van der Waals surface area (Å²) in [6, 6.07) is 4.60. The van der Waals surface area contributed by atoms with Crippen LogP contribution in [0.15, 0.2) is 30.5 Å². The fourth-order valence-electron chi connectivity index (χ4n) is 4.12. The van der Waals surface area contributed by atoms with Crippen molar-refractivity contribution in [2.75, 3.05) is 13.7 Å². The Hall–Kier alpha value is -3.27. The van der Waals surface area contributed by atoms with Gasteiger partial charge in [-0.1, -0.05) is 11.6 Å². The minimum Gasteiger partial charge on any atom is -0.495 e. The molecule has 1 aliphatic rings. The van der Waals surface area contributed by atoms with Crippen LogP contribution < -0.4 is 9.47 Å². The van der Waals surface area contributed by atoms with Crippen LogP contribution in [0, 0.1) is 5.82 Å². The Kier molecular flexibility index (Phi) is 6.20. The molecule has 1 aromatic carbocycles. The summed E-state index contributed by atoms with van der Waals surface area (Å²) in [6.45, 7) is -0.925. The van der Waals surface area contributed by atoms with Gasteiger partial charge in [-0.05, 0) is 25.5 Å². The van der Waals surface area contributed by atoms with E-state index in [1.807, 2.05) is 6.92 Å². The van der Waals surface area contributed by atoms with Gasteiger partial charge in [-0.3, -0.25) is 9.48 Å². The lowest BCUT2D eigenvalue weighted by atomic mass is 9.95. The molecule has 0 fully saturated rings. The van der Waals surface area contributed by atoms with E-state index >= 15 is 0 Å². The van der Waals surface area contributed by atoms with Crippen molar-refractivity contribution in [3.05, 3.63) is 58.3 Å². The lowest BCUT2D eigenvalue weighted by molar-refractivity contribution is -0.0499. The number of halogens is 4. The molecule has 11 heteroatoms. The Morgan fingerprint density at radius 2 is 2.06 bits per heavy atom. The maximum Gasteiger partial charge on any atom is 0.387 e. The third-order valence-electron chi connectivity index (χ3n) is 5.55. The lowest BCUT2D eigenvalue weighted by Crippen LogP contribution is -2.39. The average molecular weight is 481 g/mol. The number of aryl methyl sites for hydroxylation is 1. The molecular weight excluding hydrogens is 461 g/mol. The molecule has 0 unspecified atom stereocenters. The number of alkyl halides is 2. The van der Waals surface area contributed by atoms with E-state index in [-0.39, 0.29) is 22.4 Å². The van der Waals surface area contributed by atoms with Crippen molar-refractivity contribution in [3.8, 4) is 22.8 Å². The van der Waals surface area contributed by atoms with Gasteiger partial charge in [0.1, 0.15) is 22.3 Å². The van der Waals surface area contributed by atoms with Crippen LogP contribution in [0.4, 0.5) is 13.2 Å². The SMILES string of the molecule is COc1ccnc(C(=O)N2CCc3c(nn(C)c3-c3cc(F)cc(OC(F)F)c3)[C@@H]2C)c1Cl. The molecule has 2 aromatic heterocycles. The number of hydrogen-bond donors (Lipinski definition) is 0. The third-order valence-corrected chi connectivity index (χ3v) is 5.91. The number of methoxy groups -OCH3 is 1. The third kappa shape index (κ3) is 4.22. The second-order valence-electron chi connectivity index (χ2n) is 7.49. The zero-order chi connectivity index (χ0) is 23.9. The summed E-state index contributed by atoms with van der Waals surface area (Å²) >= 11 is 6.29. The number of amides is 1. The lowest BCUT2D eigenvalue weighted by Gasteiger charge is -2.33. The highest BCUT2D eigenvalue weighted by Gasteiger charge is 2.35. The quantitative estimate of drug-likeness (QED) is 0.532. The summed E-state index contributed by atoms with van der Waals surface area (Å²) in [5, 5.41) is 4.67. The molecule has 3 aromatic rings. The fraction of sp³-hybridized carbons (Fsp3) is 0.318. The smallest absolute Gasteiger partial charge is 0.387 e. The van der Waals surface area contributed by atoms with Crippen LogP contribution in [-0.4, -0.2) is 45.8 Å². The van der Waals surface area contributed by atoms with Crippen LogP contribution in [0.1, 0.15) is 34.7 Å². The summed E-state index contributed by atoms with van der Waals surface area (Å²) < 4.78 is 50.5. The van der Waals surface area contributed by atoms with Crippen molar-refractivity contribution >= 4 is 17.5 Å². The van der Waals surface area contributed by atoms with E-state index in [0.717, 1.165) is 11.6 Å². The summed E-state index contributed by atoms with van der Waals surface area (Å²) in [6.07, 6.45) is 1.86. The van der Waals surface area contributed by atoms with Crippen molar-refractivity contribution in [3.63, 3.8) is 0 Å². The van der Waals surface area contributed by atoms with E-state index < -0.39 is 18.5 Å². The van der Waals surface area contributed by atoms with Gasteiger partial charge in [-0.15, -0.1) is 0 Å². The van der Waals surface area contributed by atoms with Crippen LogP contribution >= 0.6 is 11.6 Å². The topological polar surface area (TPSA) is 69.5 Å². The standard InChI is InChI=1S/C22H20ClF3N4O3/c1-11-18-15(5-7-30(11)21(31)19-17(23)16(32-3)4-6-27-19)20(29(2)28-18)12-8-13(24)10-14(9-12)33-22(25)26/h4,6,8-11,22H,5,7H2,1-3H3/t11-/m0/s1. The van der Waals surface area contributed by atoms with Crippen LogP contribution in [-0.2, 0) is 13.5 Å². The molecule has 0 spiro atoms. The van der Waals surface area contributed by atoms with Gasteiger partial charge in [0.05, 0.1) is 24.5 Å². The van der Waals surface area contributed by atoms with Gasteiger partial charge in [-0.2, -0.15) is 13.9 Å². The van der Waals surface area contributed by atoms with E-state index in [4.69, 9.17) is 16.3 Å². The number of carbonyl (C=O) groups is 1. The zero-order valence-electron chi connectivity index (χ0n) is 18.0. The Balaban J connectivity index is 1.70. The molecule has 1 amide bonds. The first-order valence-electron chi connectivity index (χ1n) is 10.0. The molecule has 33 heavy (non-hydrogen) atoms. The Morgan fingerprint density at radius 1 is 1.30 bits per heavy atom. The van der Waals surface area contributed by atoms with Crippen molar-refractivity contribution in [1.82, 2.24) is 19.7 Å². The summed E-state index contributed by atoms with van der Waals surface area (Å²) in [4.78, 5) is 18.9. The zero-order valence-corrected chi connectivity index (χ0v) is 18.7. The highest BCUT2D eigenvalue weighted by molar-refractivity contribution is 6.34. The van der Waals surface area contributed by atoms with Gasteiger partial charge in [0.15, 0.2) is 5.69 Å². The van der Waals surface area contributed by atoms with Crippen LogP contribution in [0.3, 0.4) is 0 Å². The number of fused-ring (bicyclic) bond motifs is 1. The highest BCUT2D eigenvalue weighted by Crippen LogP contribution is 2.38. The number of ether oxygens (including phenoxy) is 2. The molecule has 4 rings (SSSR count). The molecule has 0 radical (unpaired) electrons. The van der Waals surface area contributed by atoms with Crippen molar-refractivity contribution in [2.45, 2.75) is 26.0 Å². The second kappa shape index (κ2) is 8.93. The molecule has 0 saturated heterocycles. The molecule has 7 nitrogen and oxygen atoms in total. The molecule has 0 bridgehead atoms. The van der Waals surface area contributed by atoms with Gasteiger partial charge < -0.3 is 14.4 Å². The molecule has 3 heterocycles. The van der Waals surface area contributed by atoms with Crippen molar-refractivity contribution in [2.24, 2.45) is 7.05 Å². The number of aromatic nitrogens is 3. The Morgan fingerprint density at radius 3 is 2.76 bits per heavy atom. The molecular formula is C22H20ClF3N4O3. The van der Waals surface area contributed by atoms with Gasteiger partial charge >= 0.3 is 6.61 Å². The molecule has 1 aliphatic heterocycles. The fourth-order valence-corrected chi connectivity index (χ4v) is 4.39. The van der Waals surface area contributed by atoms with Gasteiger partial charge in [-0.25, -0.2) is 9.37 Å². The van der Waals surface area contributed by atoms with Gasteiger partial charge in [0.25, 0.3) is 5.91 Å². The average Bonchev–Trinajstić information content (AvgIpc) is 3.09. The van der Waals surface area contributed by atoms with E-state index in [1.165, 1.54) is 25.4 Å². The molecule has 174 valence electrons. The first-order valence-corrected chi connectivity index (χ1v) is 10.4. The minimum atomic E-state index is -3.07. The molecule has 0 saturated carbocycles. The molecule has 0 aliphatic carbocycles. The first kappa shape index (κ1) is 22.9. The summed E-state index contributed by atoms with van der Waals surface area (Å²) in [5.41, 5.74) is 2.41. The summed E-state index contributed by atoms with van der Waals surface area (Å²) in [7, 11) is 3.12. The van der Waals surface area contributed by atoms with Crippen LogP contribution in [0.5, 0.6) is 11.5 Å². The molecule has 1 atom stereocenters. The minimum absolute atomic E-state index is 0.0707. The number of carbonyl (C=O) groups excluding carboxylic acids is 1. The monoisotopic (exact) mass is 480 g/mol. The summed E-state index contributed by atoms with van der Waals surface area (Å²) in [5.74, 6) is -1.03. The van der Waals surface area contributed by atoms with E-state index in [1.54, 1.807) is 22.7 Å². The Labute approximate surface area is 192 Å². The maximum absolute atomic E-state index is 14.1. The molecule has 0 N–H and O–H groups in total. The van der Waals surface area contributed by atoms with E-state index in [9.17, 15) is 18.0 Å². The second-order valence-corrected chi connectivity index (χ2v) is 7.87. The van der Waals surface area contributed by atoms with Crippen molar-refractivity contribution in [1.29, 1.82) is 0 Å². The number of pyridine rings is 1. The van der Waals surface area contributed by atoms with Crippen LogP contribution in [0.25, 0.3) is 11.3 Å². The van der Waals surface area contributed by atoms with E-state index in [2.05, 4.69) is 14.8 Å². The maximum atomic E-state index is 14.1. The Bertz CT molecular complexity index is 1220. The number of benzene rings is 1. The number of nitrogens with zero attached hydrogens (tertiary/aromatic N) is 4. The number of hydrogen-bond acceptors (Lipinski definition) is 5. The first-order chi connectivity index (χ1) is 15.7. The van der Waals surface area contributed by atoms with Crippen LogP contribution in [0.2, 0.25) is 5.02 Å². The highest BCUT2D eigenvalue weighted by atomic mass is 35.5. The van der Waals surface area contributed by atoms with Gasteiger partial charge in [0.2, 0.25) is 0 Å². The van der Waals surface area contributed by atoms with Crippen molar-refractivity contribution < 1.29 is 27.4 Å².